The normalized spacial score (nSPS) is 13.7. The molecule has 2 rings (SSSR count). The summed E-state index contributed by atoms with van der Waals surface area (Å²) in [5.74, 6) is 0.878. The monoisotopic (exact) mass is 284 g/mol. The lowest BCUT2D eigenvalue weighted by atomic mass is 9.69. The first-order valence-electron chi connectivity index (χ1n) is 7.52. The fourth-order valence-corrected chi connectivity index (χ4v) is 3.10. The van der Waals surface area contributed by atoms with Gasteiger partial charge in [-0.05, 0) is 48.7 Å². The lowest BCUT2D eigenvalue weighted by Gasteiger charge is -2.34. The highest BCUT2D eigenvalue weighted by Gasteiger charge is 2.32. The molecule has 0 fully saturated rings. The molecule has 3 heteroatoms. The molecule has 0 saturated heterocycles. The summed E-state index contributed by atoms with van der Waals surface area (Å²) in [4.78, 5) is 4.31. The van der Waals surface area contributed by atoms with Gasteiger partial charge >= 0.3 is 0 Å². The molecule has 3 nitrogen and oxygen atoms in total. The molecule has 0 aliphatic heterocycles. The van der Waals surface area contributed by atoms with Gasteiger partial charge in [-0.3, -0.25) is 4.98 Å². The van der Waals surface area contributed by atoms with E-state index in [1.165, 1.54) is 11.1 Å². The second kappa shape index (κ2) is 7.23. The summed E-state index contributed by atoms with van der Waals surface area (Å²) < 4.78 is 5.27. The Bertz CT molecular complexity index is 531. The van der Waals surface area contributed by atoms with Crippen LogP contribution in [0.25, 0.3) is 0 Å². The Kier molecular flexibility index (Phi) is 5.34. The first-order valence-corrected chi connectivity index (χ1v) is 7.52. The van der Waals surface area contributed by atoms with Gasteiger partial charge in [0.25, 0.3) is 0 Å². The molecule has 1 aromatic heterocycles. The third-order valence-corrected chi connectivity index (χ3v) is 4.10. The SMILES string of the molecule is CCCC(CCN)(c1ccc(OC)cc1)c1cccnc1. The predicted octanol–water partition coefficient (Wildman–Crippen LogP) is 3.53. The number of nitrogens with two attached hydrogens (primary N) is 1. The number of hydrogen-bond donors (Lipinski definition) is 1. The minimum absolute atomic E-state index is 0.0654. The number of pyridine rings is 1. The van der Waals surface area contributed by atoms with Gasteiger partial charge in [0.2, 0.25) is 0 Å². The standard InChI is InChI=1S/C18H24N2O/c1-3-10-18(11-12-19,16-5-4-13-20-14-16)15-6-8-17(21-2)9-7-15/h4-9,13-14H,3,10-12,19H2,1-2H3. The van der Waals surface area contributed by atoms with Crippen LogP contribution < -0.4 is 10.5 Å². The number of nitrogens with zero attached hydrogens (tertiary/aromatic N) is 1. The predicted molar refractivity (Wildman–Crippen MR) is 86.6 cm³/mol. The van der Waals surface area contributed by atoms with Gasteiger partial charge in [0, 0.05) is 17.8 Å². The maximum Gasteiger partial charge on any atom is 0.118 e. The number of ether oxygens (including phenoxy) is 1. The molecular formula is C18H24N2O. The van der Waals surface area contributed by atoms with Crippen molar-refractivity contribution in [1.29, 1.82) is 0 Å². The van der Waals surface area contributed by atoms with Crippen LogP contribution in [0.1, 0.15) is 37.3 Å². The third-order valence-electron chi connectivity index (χ3n) is 4.10. The topological polar surface area (TPSA) is 48.1 Å². The van der Waals surface area contributed by atoms with Gasteiger partial charge in [0.1, 0.15) is 5.75 Å². The summed E-state index contributed by atoms with van der Waals surface area (Å²) in [5, 5.41) is 0. The Morgan fingerprint density at radius 3 is 2.38 bits per heavy atom. The third kappa shape index (κ3) is 3.24. The van der Waals surface area contributed by atoms with Crippen molar-refractivity contribution in [2.24, 2.45) is 5.73 Å². The van der Waals surface area contributed by atoms with E-state index in [0.717, 1.165) is 25.0 Å². The van der Waals surface area contributed by atoms with E-state index < -0.39 is 0 Å². The van der Waals surface area contributed by atoms with E-state index in [4.69, 9.17) is 10.5 Å². The molecule has 0 aliphatic rings. The van der Waals surface area contributed by atoms with Crippen LogP contribution in [-0.4, -0.2) is 18.6 Å². The summed E-state index contributed by atoms with van der Waals surface area (Å²) >= 11 is 0. The molecule has 0 aliphatic carbocycles. The zero-order valence-corrected chi connectivity index (χ0v) is 12.9. The van der Waals surface area contributed by atoms with Crippen molar-refractivity contribution in [2.75, 3.05) is 13.7 Å². The van der Waals surface area contributed by atoms with Crippen molar-refractivity contribution in [3.8, 4) is 5.75 Å². The minimum atomic E-state index is -0.0654. The minimum Gasteiger partial charge on any atom is -0.497 e. The van der Waals surface area contributed by atoms with Gasteiger partial charge in [-0.25, -0.2) is 0 Å². The van der Waals surface area contributed by atoms with Crippen molar-refractivity contribution in [3.63, 3.8) is 0 Å². The summed E-state index contributed by atoms with van der Waals surface area (Å²) in [6, 6.07) is 12.5. The fourth-order valence-electron chi connectivity index (χ4n) is 3.10. The van der Waals surface area contributed by atoms with E-state index in [0.29, 0.717) is 6.54 Å². The summed E-state index contributed by atoms with van der Waals surface area (Å²) in [7, 11) is 1.69. The van der Waals surface area contributed by atoms with Crippen LogP contribution in [0.4, 0.5) is 0 Å². The van der Waals surface area contributed by atoms with Crippen molar-refractivity contribution < 1.29 is 4.74 Å². The van der Waals surface area contributed by atoms with Gasteiger partial charge in [0.15, 0.2) is 0 Å². The molecular weight excluding hydrogens is 260 g/mol. The number of aromatic nitrogens is 1. The van der Waals surface area contributed by atoms with E-state index in [-0.39, 0.29) is 5.41 Å². The number of hydrogen-bond acceptors (Lipinski definition) is 3. The largest absolute Gasteiger partial charge is 0.497 e. The van der Waals surface area contributed by atoms with Gasteiger partial charge in [0.05, 0.1) is 7.11 Å². The Morgan fingerprint density at radius 2 is 1.86 bits per heavy atom. The fraction of sp³-hybridized carbons (Fsp3) is 0.389. The zero-order valence-electron chi connectivity index (χ0n) is 12.9. The molecule has 0 bridgehead atoms. The van der Waals surface area contributed by atoms with Crippen LogP contribution >= 0.6 is 0 Å². The maximum absolute atomic E-state index is 5.93. The lowest BCUT2D eigenvalue weighted by molar-refractivity contribution is 0.411. The first-order chi connectivity index (χ1) is 10.3. The molecule has 2 N–H and O–H groups in total. The molecule has 21 heavy (non-hydrogen) atoms. The Balaban J connectivity index is 2.52. The average Bonchev–Trinajstić information content (AvgIpc) is 2.55. The molecule has 0 spiro atoms. The quantitative estimate of drug-likeness (QED) is 0.846. The Hall–Kier alpha value is -1.87. The van der Waals surface area contributed by atoms with E-state index in [1.54, 1.807) is 7.11 Å². The molecule has 1 aromatic carbocycles. The Labute approximate surface area is 127 Å². The lowest BCUT2D eigenvalue weighted by Crippen LogP contribution is -2.30. The van der Waals surface area contributed by atoms with Crippen LogP contribution in [0.3, 0.4) is 0 Å². The van der Waals surface area contributed by atoms with Crippen LogP contribution in [0.5, 0.6) is 5.75 Å². The number of methoxy groups -OCH3 is 1. The molecule has 1 atom stereocenters. The van der Waals surface area contributed by atoms with Crippen molar-refractivity contribution in [2.45, 2.75) is 31.6 Å². The van der Waals surface area contributed by atoms with Gasteiger partial charge in [-0.2, -0.15) is 0 Å². The van der Waals surface area contributed by atoms with Crippen LogP contribution in [0.2, 0.25) is 0 Å². The summed E-state index contributed by atoms with van der Waals surface area (Å²) in [5.41, 5.74) is 8.38. The maximum atomic E-state index is 5.93. The van der Waals surface area contributed by atoms with Crippen molar-refractivity contribution in [3.05, 3.63) is 59.9 Å². The van der Waals surface area contributed by atoms with Crippen LogP contribution in [0.15, 0.2) is 48.8 Å². The van der Waals surface area contributed by atoms with Gasteiger partial charge in [-0.1, -0.05) is 31.5 Å². The molecule has 0 radical (unpaired) electrons. The van der Waals surface area contributed by atoms with Crippen molar-refractivity contribution in [1.82, 2.24) is 4.98 Å². The van der Waals surface area contributed by atoms with Crippen LogP contribution in [0, 0.1) is 0 Å². The van der Waals surface area contributed by atoms with Crippen LogP contribution in [-0.2, 0) is 5.41 Å². The number of rotatable bonds is 7. The highest BCUT2D eigenvalue weighted by atomic mass is 16.5. The second-order valence-corrected chi connectivity index (χ2v) is 5.34. The molecule has 0 amide bonds. The average molecular weight is 284 g/mol. The van der Waals surface area contributed by atoms with E-state index in [1.807, 2.05) is 30.6 Å². The van der Waals surface area contributed by atoms with E-state index in [2.05, 4.69) is 30.1 Å². The molecule has 1 unspecified atom stereocenters. The molecule has 1 heterocycles. The highest BCUT2D eigenvalue weighted by molar-refractivity contribution is 5.40. The molecule has 2 aromatic rings. The van der Waals surface area contributed by atoms with Gasteiger partial charge < -0.3 is 10.5 Å². The van der Waals surface area contributed by atoms with Crippen molar-refractivity contribution >= 4 is 0 Å². The van der Waals surface area contributed by atoms with E-state index >= 15 is 0 Å². The summed E-state index contributed by atoms with van der Waals surface area (Å²) in [6.45, 7) is 2.87. The number of benzene rings is 1. The molecule has 112 valence electrons. The smallest absolute Gasteiger partial charge is 0.118 e. The second-order valence-electron chi connectivity index (χ2n) is 5.34. The first kappa shape index (κ1) is 15.5. The molecule has 0 saturated carbocycles. The van der Waals surface area contributed by atoms with E-state index in [9.17, 15) is 0 Å². The summed E-state index contributed by atoms with van der Waals surface area (Å²) in [6.07, 6.45) is 6.86. The highest BCUT2D eigenvalue weighted by Crippen LogP contribution is 2.39. The zero-order chi connectivity index (χ0) is 15.1. The van der Waals surface area contributed by atoms with Gasteiger partial charge in [-0.15, -0.1) is 0 Å². The Morgan fingerprint density at radius 1 is 1.10 bits per heavy atom.